The Morgan fingerprint density at radius 1 is 1.37 bits per heavy atom. The first-order chi connectivity index (χ1) is 8.80. The predicted molar refractivity (Wildman–Crippen MR) is 63.8 cm³/mol. The highest BCUT2D eigenvalue weighted by molar-refractivity contribution is 5.89. The van der Waals surface area contributed by atoms with Gasteiger partial charge >= 0.3 is 12.4 Å². The monoisotopic (exact) mass is 277 g/mol. The van der Waals surface area contributed by atoms with Crippen molar-refractivity contribution in [3.8, 4) is 5.75 Å². The van der Waals surface area contributed by atoms with Crippen LogP contribution in [0.1, 0.15) is 6.92 Å². The van der Waals surface area contributed by atoms with Gasteiger partial charge in [0.05, 0.1) is 0 Å². The van der Waals surface area contributed by atoms with Crippen molar-refractivity contribution in [3.63, 3.8) is 0 Å². The molecule has 0 aliphatic rings. The van der Waals surface area contributed by atoms with E-state index in [2.05, 4.69) is 15.4 Å². The third-order valence-electron chi connectivity index (χ3n) is 2.08. The van der Waals surface area contributed by atoms with Crippen LogP contribution in [-0.4, -0.2) is 25.0 Å². The van der Waals surface area contributed by atoms with Crippen LogP contribution in [0.2, 0.25) is 0 Å². The highest BCUT2D eigenvalue weighted by Crippen LogP contribution is 2.23. The third kappa shape index (κ3) is 5.96. The summed E-state index contributed by atoms with van der Waals surface area (Å²) in [7, 11) is 0. The van der Waals surface area contributed by atoms with Gasteiger partial charge in [-0.1, -0.05) is 0 Å². The minimum atomic E-state index is -4.73. The van der Waals surface area contributed by atoms with E-state index in [0.717, 1.165) is 12.1 Å². The molecule has 0 radical (unpaired) electrons. The predicted octanol–water partition coefficient (Wildman–Crippen LogP) is 2.05. The van der Waals surface area contributed by atoms with Crippen molar-refractivity contribution < 1.29 is 22.7 Å². The molecule has 0 bridgehead atoms. The fourth-order valence-electron chi connectivity index (χ4n) is 1.19. The number of hydrogen-bond acceptors (Lipinski definition) is 3. The topological polar surface area (TPSA) is 76.4 Å². The van der Waals surface area contributed by atoms with Crippen LogP contribution in [0.15, 0.2) is 24.3 Å². The molecule has 2 amide bonds. The zero-order valence-corrected chi connectivity index (χ0v) is 10.1. The first-order valence-electron chi connectivity index (χ1n) is 5.43. The van der Waals surface area contributed by atoms with E-state index in [-0.39, 0.29) is 18.3 Å². The van der Waals surface area contributed by atoms with E-state index in [1.54, 1.807) is 6.92 Å². The van der Waals surface area contributed by atoms with Crippen molar-refractivity contribution in [3.05, 3.63) is 24.3 Å². The molecule has 0 aromatic heterocycles. The fourth-order valence-corrected chi connectivity index (χ4v) is 1.19. The summed E-state index contributed by atoms with van der Waals surface area (Å²) < 4.78 is 39.5. The number of hydrogen-bond donors (Lipinski definition) is 3. The first kappa shape index (κ1) is 15.1. The van der Waals surface area contributed by atoms with Crippen LogP contribution in [0, 0.1) is 0 Å². The second kappa shape index (κ2) is 6.28. The van der Waals surface area contributed by atoms with Crippen LogP contribution < -0.4 is 21.1 Å². The van der Waals surface area contributed by atoms with Crippen LogP contribution in [0.5, 0.6) is 5.75 Å². The van der Waals surface area contributed by atoms with Crippen LogP contribution in [0.4, 0.5) is 23.7 Å². The number of amides is 2. The van der Waals surface area contributed by atoms with Crippen molar-refractivity contribution in [2.75, 3.05) is 11.9 Å². The van der Waals surface area contributed by atoms with Gasteiger partial charge in [0.25, 0.3) is 0 Å². The number of halogens is 3. The molecule has 106 valence electrons. The molecule has 0 saturated heterocycles. The van der Waals surface area contributed by atoms with E-state index in [0.29, 0.717) is 5.69 Å². The molecule has 0 aliphatic heterocycles. The van der Waals surface area contributed by atoms with Crippen LogP contribution in [0.25, 0.3) is 0 Å². The lowest BCUT2D eigenvalue weighted by atomic mass is 10.3. The lowest BCUT2D eigenvalue weighted by molar-refractivity contribution is -0.274. The minimum absolute atomic E-state index is 0.201. The Morgan fingerprint density at radius 2 is 1.95 bits per heavy atom. The molecule has 0 fully saturated rings. The molecule has 0 aliphatic carbocycles. The van der Waals surface area contributed by atoms with Gasteiger partial charge < -0.3 is 21.1 Å². The zero-order valence-electron chi connectivity index (χ0n) is 10.1. The highest BCUT2D eigenvalue weighted by Gasteiger charge is 2.30. The summed E-state index contributed by atoms with van der Waals surface area (Å²) in [5, 5.41) is 5.00. The second-order valence-corrected chi connectivity index (χ2v) is 3.81. The molecule has 1 aromatic carbocycles. The molecular weight excluding hydrogens is 263 g/mol. The van der Waals surface area contributed by atoms with Gasteiger partial charge in [-0.2, -0.15) is 0 Å². The van der Waals surface area contributed by atoms with Gasteiger partial charge in [0.1, 0.15) is 5.75 Å². The zero-order chi connectivity index (χ0) is 14.5. The van der Waals surface area contributed by atoms with E-state index in [1.807, 2.05) is 0 Å². The van der Waals surface area contributed by atoms with E-state index in [4.69, 9.17) is 5.73 Å². The molecule has 19 heavy (non-hydrogen) atoms. The average molecular weight is 277 g/mol. The Labute approximate surface area is 107 Å². The maximum Gasteiger partial charge on any atom is 0.573 e. The number of ether oxygens (including phenoxy) is 1. The van der Waals surface area contributed by atoms with Crippen molar-refractivity contribution in [2.45, 2.75) is 19.3 Å². The number of benzene rings is 1. The smallest absolute Gasteiger partial charge is 0.406 e. The number of urea groups is 1. The largest absolute Gasteiger partial charge is 0.573 e. The number of alkyl halides is 3. The molecule has 1 rings (SSSR count). The van der Waals surface area contributed by atoms with Crippen LogP contribution in [-0.2, 0) is 0 Å². The quantitative estimate of drug-likeness (QED) is 0.788. The molecule has 8 heteroatoms. The summed E-state index contributed by atoms with van der Waals surface area (Å²) in [6.07, 6.45) is -4.73. The number of carbonyl (C=O) groups excluding carboxylic acids is 1. The molecule has 1 aromatic rings. The van der Waals surface area contributed by atoms with Crippen molar-refractivity contribution >= 4 is 11.7 Å². The summed E-state index contributed by atoms with van der Waals surface area (Å²) in [4.78, 5) is 11.4. The van der Waals surface area contributed by atoms with Crippen LogP contribution >= 0.6 is 0 Å². The molecule has 1 atom stereocenters. The van der Waals surface area contributed by atoms with E-state index >= 15 is 0 Å². The van der Waals surface area contributed by atoms with E-state index in [1.165, 1.54) is 12.1 Å². The summed E-state index contributed by atoms with van der Waals surface area (Å²) in [6, 6.07) is 4.13. The number of nitrogens with two attached hydrogens (primary N) is 1. The summed E-state index contributed by atoms with van der Waals surface area (Å²) in [5.74, 6) is -0.353. The van der Waals surface area contributed by atoms with Crippen molar-refractivity contribution in [2.24, 2.45) is 5.73 Å². The van der Waals surface area contributed by atoms with Gasteiger partial charge in [0.15, 0.2) is 0 Å². The number of carbonyl (C=O) groups is 1. The van der Waals surface area contributed by atoms with Gasteiger partial charge in [0, 0.05) is 18.3 Å². The molecule has 4 N–H and O–H groups in total. The normalized spacial score (nSPS) is 12.7. The molecule has 0 spiro atoms. The number of nitrogens with one attached hydrogen (secondary N) is 2. The number of rotatable bonds is 4. The lowest BCUT2D eigenvalue weighted by Crippen LogP contribution is -2.40. The Bertz CT molecular complexity index is 420. The maximum absolute atomic E-state index is 11.9. The third-order valence-corrected chi connectivity index (χ3v) is 2.08. The second-order valence-electron chi connectivity index (χ2n) is 3.81. The Kier molecular flexibility index (Phi) is 4.99. The molecule has 0 unspecified atom stereocenters. The minimum Gasteiger partial charge on any atom is -0.406 e. The number of anilines is 1. The molecular formula is C11H14F3N3O2. The Morgan fingerprint density at radius 3 is 2.42 bits per heavy atom. The van der Waals surface area contributed by atoms with E-state index < -0.39 is 12.4 Å². The highest BCUT2D eigenvalue weighted by atomic mass is 19.4. The van der Waals surface area contributed by atoms with Gasteiger partial charge in [-0.15, -0.1) is 13.2 Å². The van der Waals surface area contributed by atoms with Gasteiger partial charge in [-0.3, -0.25) is 0 Å². The van der Waals surface area contributed by atoms with Crippen molar-refractivity contribution in [1.82, 2.24) is 5.32 Å². The average Bonchev–Trinajstić information content (AvgIpc) is 2.29. The maximum atomic E-state index is 11.9. The Hall–Kier alpha value is -1.96. The summed E-state index contributed by atoms with van der Waals surface area (Å²) >= 11 is 0. The summed E-state index contributed by atoms with van der Waals surface area (Å²) in [5.41, 5.74) is 5.67. The van der Waals surface area contributed by atoms with Crippen LogP contribution in [0.3, 0.4) is 0 Å². The fraction of sp³-hybridized carbons (Fsp3) is 0.364. The molecule has 0 heterocycles. The van der Waals surface area contributed by atoms with E-state index in [9.17, 15) is 18.0 Å². The van der Waals surface area contributed by atoms with Gasteiger partial charge in [-0.25, -0.2) is 4.79 Å². The SMILES string of the molecule is C[C@H](CN)NC(=O)Nc1ccc(OC(F)(F)F)cc1. The molecule has 0 saturated carbocycles. The summed E-state index contributed by atoms with van der Waals surface area (Å²) in [6.45, 7) is 2.01. The van der Waals surface area contributed by atoms with Gasteiger partial charge in [-0.05, 0) is 31.2 Å². The lowest BCUT2D eigenvalue weighted by Gasteiger charge is -2.13. The van der Waals surface area contributed by atoms with Crippen molar-refractivity contribution in [1.29, 1.82) is 0 Å². The first-order valence-corrected chi connectivity index (χ1v) is 5.43. The van der Waals surface area contributed by atoms with Gasteiger partial charge in [0.2, 0.25) is 0 Å². The standard InChI is InChI=1S/C11H14F3N3O2/c1-7(6-15)16-10(18)17-8-2-4-9(5-3-8)19-11(12,13)14/h2-5,7H,6,15H2,1H3,(H2,16,17,18)/t7-/m1/s1. The Balaban J connectivity index is 2.55. The molecule has 5 nitrogen and oxygen atoms in total.